The molecule has 0 unspecified atom stereocenters. The van der Waals surface area contributed by atoms with E-state index in [9.17, 15) is 9.59 Å². The first-order valence-electron chi connectivity index (χ1n) is 21.9. The average molecular weight is 732 g/mol. The lowest BCUT2D eigenvalue weighted by Gasteiger charge is -2.52. The number of carbonyl (C=O) groups is 2. The molecule has 4 fully saturated rings. The number of nitrogens with two attached hydrogens (primary N) is 1. The highest BCUT2D eigenvalue weighted by atomic mass is 16.5. The number of hydrogen-bond donors (Lipinski definition) is 3. The van der Waals surface area contributed by atoms with E-state index in [4.69, 9.17) is 24.9 Å². The molecule has 5 heterocycles. The summed E-state index contributed by atoms with van der Waals surface area (Å²) in [6, 6.07) is 0.388. The Morgan fingerprint density at radius 1 is 0.808 bits per heavy atom. The Morgan fingerprint density at radius 3 is 2.15 bits per heavy atom. The van der Waals surface area contributed by atoms with Crippen LogP contribution in [0.5, 0.6) is 0 Å². The minimum absolute atomic E-state index is 0.0423. The summed E-state index contributed by atoms with van der Waals surface area (Å²) in [6.07, 6.45) is 28.5. The van der Waals surface area contributed by atoms with Crippen LogP contribution in [0.4, 0.5) is 0 Å². The predicted molar refractivity (Wildman–Crippen MR) is 205 cm³/mol. The highest BCUT2D eigenvalue weighted by molar-refractivity contribution is 5.84. The third-order valence-electron chi connectivity index (χ3n) is 12.3. The number of rotatable bonds is 23. The summed E-state index contributed by atoms with van der Waals surface area (Å²) in [4.78, 5) is 35.6. The van der Waals surface area contributed by atoms with E-state index in [2.05, 4.69) is 16.0 Å². The van der Waals surface area contributed by atoms with Crippen LogP contribution in [0.3, 0.4) is 0 Å². The molecule has 5 aliphatic heterocycles. The van der Waals surface area contributed by atoms with E-state index in [1.54, 1.807) is 0 Å². The predicted octanol–water partition coefficient (Wildman–Crippen LogP) is 5.94. The van der Waals surface area contributed by atoms with Gasteiger partial charge in [-0.1, -0.05) is 70.6 Å². The molecule has 5 aliphatic rings. The zero-order valence-corrected chi connectivity index (χ0v) is 32.7. The molecular formula is C41H75N6O5+. The lowest BCUT2D eigenvalue weighted by atomic mass is 9.91. The summed E-state index contributed by atoms with van der Waals surface area (Å²) < 4.78 is 19.2. The van der Waals surface area contributed by atoms with Gasteiger partial charge in [0, 0.05) is 64.4 Å². The number of esters is 1. The van der Waals surface area contributed by atoms with Crippen LogP contribution >= 0.6 is 0 Å². The second kappa shape index (κ2) is 21.8. The molecule has 0 radical (unpaired) electrons. The van der Waals surface area contributed by atoms with Gasteiger partial charge in [-0.05, 0) is 77.2 Å². The van der Waals surface area contributed by atoms with E-state index < -0.39 is 5.72 Å². The minimum atomic E-state index is -0.520. The van der Waals surface area contributed by atoms with Gasteiger partial charge in [0.2, 0.25) is 5.91 Å². The normalized spacial score (nSPS) is 28.3. The fraction of sp³-hybridized carbons (Fsp3) is 0.927. The number of ether oxygens (including phenoxy) is 3. The van der Waals surface area contributed by atoms with E-state index in [-0.39, 0.29) is 29.9 Å². The standard InChI is InChI=1S/C41H74N6O5/c42-25-16-17-27-46(28-20-26-43)37(48)21-12-9-7-5-3-1-2-4-6-8-10-13-22-38(49)52-36-31-34-32-40(24-15-19-30-50-40)44-39-45-41(33-35(36)47(34)39)23-14-11-18-29-51-41/h34-36H,1-33,42-43H2,(H,44,45)/p+1/t34-,35+,36-,40-,41-/m0/s1. The van der Waals surface area contributed by atoms with Crippen LogP contribution in [0.15, 0.2) is 4.99 Å². The quantitative estimate of drug-likeness (QED) is 0.0865. The van der Waals surface area contributed by atoms with Gasteiger partial charge >= 0.3 is 5.97 Å². The fourth-order valence-electron chi connectivity index (χ4n) is 9.41. The summed E-state index contributed by atoms with van der Waals surface area (Å²) in [7, 11) is 0. The number of hydrogen-bond acceptors (Lipinski definition) is 9. The number of aliphatic imine (C=N–C) groups is 1. The molecule has 11 nitrogen and oxygen atoms in total. The lowest BCUT2D eigenvalue weighted by molar-refractivity contribution is -0.368. The van der Waals surface area contributed by atoms with Crippen molar-refractivity contribution in [3.8, 4) is 0 Å². The number of guanidine groups is 1. The number of quaternary nitrogens is 1. The van der Waals surface area contributed by atoms with Crippen molar-refractivity contribution < 1.29 is 29.5 Å². The summed E-state index contributed by atoms with van der Waals surface area (Å²) in [6.45, 7) is 4.75. The molecule has 298 valence electrons. The van der Waals surface area contributed by atoms with Gasteiger partial charge in [0.15, 0.2) is 11.7 Å². The number of unbranched alkanes of at least 4 members (excludes halogenated alkanes) is 12. The molecule has 2 spiro atoms. The highest BCUT2D eigenvalue weighted by Gasteiger charge is 2.58. The molecule has 1 amide bonds. The first-order valence-corrected chi connectivity index (χ1v) is 21.9. The number of nitrogens with zero attached hydrogens (tertiary/aromatic N) is 3. The second-order valence-corrected chi connectivity index (χ2v) is 16.6. The monoisotopic (exact) mass is 732 g/mol. The van der Waals surface area contributed by atoms with Crippen molar-refractivity contribution in [3.63, 3.8) is 0 Å². The summed E-state index contributed by atoms with van der Waals surface area (Å²) in [5.41, 5.74) is 8.72. The van der Waals surface area contributed by atoms with Crippen LogP contribution < -0.4 is 16.8 Å². The lowest BCUT2D eigenvalue weighted by Crippen LogP contribution is -2.68. The maximum atomic E-state index is 13.2. The molecule has 0 aromatic carbocycles. The van der Waals surface area contributed by atoms with Gasteiger partial charge < -0.3 is 40.8 Å². The zero-order chi connectivity index (χ0) is 36.5. The van der Waals surface area contributed by atoms with E-state index >= 15 is 0 Å². The van der Waals surface area contributed by atoms with Gasteiger partial charge in [-0.25, -0.2) is 4.99 Å². The third kappa shape index (κ3) is 12.3. The minimum Gasteiger partial charge on any atom is -0.460 e. The summed E-state index contributed by atoms with van der Waals surface area (Å²) in [5.74, 6) is 1.17. The molecule has 0 aromatic heterocycles. The first kappa shape index (κ1) is 41.2. The Morgan fingerprint density at radius 2 is 1.46 bits per heavy atom. The summed E-state index contributed by atoms with van der Waals surface area (Å²) >= 11 is 0. The third-order valence-corrected chi connectivity index (χ3v) is 12.3. The maximum absolute atomic E-state index is 13.2. The fourth-order valence-corrected chi connectivity index (χ4v) is 9.41. The van der Waals surface area contributed by atoms with Gasteiger partial charge in [0.05, 0.1) is 12.6 Å². The van der Waals surface area contributed by atoms with Gasteiger partial charge in [-0.15, -0.1) is 0 Å². The molecule has 5 atom stereocenters. The van der Waals surface area contributed by atoms with Gasteiger partial charge in [-0.3, -0.25) is 9.59 Å². The highest BCUT2D eigenvalue weighted by Crippen LogP contribution is 2.46. The Bertz CT molecular complexity index is 1090. The SMILES string of the molecule is NCCCN(CCCC[NH3+])C(=O)CCCCCCCCCCCCCCC(=O)O[C@H]1C[C@H]2C[C@@]3(CCCCO3)NC3=N[C@]4(CCCCCO4)C[C@H]1N32. The second-order valence-electron chi connectivity index (χ2n) is 16.6. The molecule has 11 heteroatoms. The maximum Gasteiger partial charge on any atom is 0.306 e. The van der Waals surface area contributed by atoms with Crippen molar-refractivity contribution in [3.05, 3.63) is 0 Å². The van der Waals surface area contributed by atoms with Crippen LogP contribution in [-0.2, 0) is 23.8 Å². The molecule has 0 aliphatic carbocycles. The van der Waals surface area contributed by atoms with Crippen molar-refractivity contribution in [1.29, 1.82) is 0 Å². The average Bonchev–Trinajstić information content (AvgIpc) is 3.30. The van der Waals surface area contributed by atoms with Crippen molar-refractivity contribution in [1.82, 2.24) is 15.1 Å². The van der Waals surface area contributed by atoms with E-state index in [0.717, 1.165) is 142 Å². The van der Waals surface area contributed by atoms with Crippen molar-refractivity contribution >= 4 is 17.8 Å². The van der Waals surface area contributed by atoms with Crippen LogP contribution in [0.1, 0.15) is 173 Å². The first-order chi connectivity index (χ1) is 25.5. The van der Waals surface area contributed by atoms with Crippen LogP contribution in [0.25, 0.3) is 0 Å². The van der Waals surface area contributed by atoms with Gasteiger partial charge in [0.25, 0.3) is 0 Å². The molecule has 6 N–H and O–H groups in total. The number of amides is 1. The van der Waals surface area contributed by atoms with Crippen LogP contribution in [0.2, 0.25) is 0 Å². The topological polar surface area (TPSA) is 146 Å². The Hall–Kier alpha value is -1.95. The van der Waals surface area contributed by atoms with Crippen LogP contribution in [0, 0.1) is 0 Å². The van der Waals surface area contributed by atoms with E-state index in [1.807, 2.05) is 4.90 Å². The van der Waals surface area contributed by atoms with E-state index in [0.29, 0.717) is 25.3 Å². The van der Waals surface area contributed by atoms with Crippen molar-refractivity contribution in [2.45, 2.75) is 203 Å². The molecule has 5 rings (SSSR count). The summed E-state index contributed by atoms with van der Waals surface area (Å²) in [5, 5.41) is 3.75. The smallest absolute Gasteiger partial charge is 0.306 e. The van der Waals surface area contributed by atoms with Crippen molar-refractivity contribution in [2.75, 3.05) is 39.4 Å². The Labute approximate surface area is 315 Å². The van der Waals surface area contributed by atoms with Crippen molar-refractivity contribution in [2.24, 2.45) is 10.7 Å². The van der Waals surface area contributed by atoms with E-state index in [1.165, 1.54) is 57.8 Å². The molecule has 0 bridgehead atoms. The van der Waals surface area contributed by atoms with Crippen LogP contribution in [-0.4, -0.2) is 96.7 Å². The number of nitrogens with one attached hydrogen (secondary N) is 1. The molecular weight excluding hydrogens is 656 g/mol. The molecule has 0 saturated carbocycles. The Balaban J connectivity index is 0.914. The zero-order valence-electron chi connectivity index (χ0n) is 32.7. The van der Waals surface area contributed by atoms with Gasteiger partial charge in [0.1, 0.15) is 11.8 Å². The number of carbonyl (C=O) groups excluding carboxylic acids is 2. The molecule has 4 saturated heterocycles. The molecule has 0 aromatic rings. The largest absolute Gasteiger partial charge is 0.460 e. The van der Waals surface area contributed by atoms with Gasteiger partial charge in [-0.2, -0.15) is 0 Å². The Kier molecular flexibility index (Phi) is 17.3. The molecule has 52 heavy (non-hydrogen) atoms.